The van der Waals surface area contributed by atoms with E-state index in [-0.39, 0.29) is 5.54 Å². The largest absolute Gasteiger partial charge is 0.493 e. The van der Waals surface area contributed by atoms with E-state index in [1.165, 1.54) is 11.1 Å². The van der Waals surface area contributed by atoms with Gasteiger partial charge in [-0.2, -0.15) is 0 Å². The van der Waals surface area contributed by atoms with Crippen molar-refractivity contribution in [2.45, 2.75) is 38.6 Å². The zero-order chi connectivity index (χ0) is 13.0. The van der Waals surface area contributed by atoms with Gasteiger partial charge < -0.3 is 15.8 Å². The van der Waals surface area contributed by atoms with Crippen molar-refractivity contribution in [2.24, 2.45) is 5.73 Å². The van der Waals surface area contributed by atoms with Crippen molar-refractivity contribution in [3.63, 3.8) is 0 Å². The first-order valence-corrected chi connectivity index (χ1v) is 6.79. The zero-order valence-corrected chi connectivity index (χ0v) is 11.5. The van der Waals surface area contributed by atoms with Crippen LogP contribution in [-0.2, 0) is 12.8 Å². The van der Waals surface area contributed by atoms with Crippen molar-refractivity contribution in [1.82, 2.24) is 5.32 Å². The SMILES string of the molecule is CC(C)(N)CNCCc1ccc2c(c1)CCCO2. The summed E-state index contributed by atoms with van der Waals surface area (Å²) in [6, 6.07) is 6.56. The number of hydrogen-bond acceptors (Lipinski definition) is 3. The lowest BCUT2D eigenvalue weighted by atomic mass is 10.0. The molecule has 3 nitrogen and oxygen atoms in total. The lowest BCUT2D eigenvalue weighted by Crippen LogP contribution is -2.43. The van der Waals surface area contributed by atoms with Crippen LogP contribution in [0, 0.1) is 0 Å². The smallest absolute Gasteiger partial charge is 0.122 e. The summed E-state index contributed by atoms with van der Waals surface area (Å²) in [5.41, 5.74) is 8.53. The normalized spacial score (nSPS) is 15.1. The quantitative estimate of drug-likeness (QED) is 0.782. The van der Waals surface area contributed by atoms with Gasteiger partial charge in [0.2, 0.25) is 0 Å². The predicted molar refractivity (Wildman–Crippen MR) is 75.1 cm³/mol. The highest BCUT2D eigenvalue weighted by atomic mass is 16.5. The van der Waals surface area contributed by atoms with Crippen LogP contribution < -0.4 is 15.8 Å². The number of ether oxygens (including phenoxy) is 1. The number of nitrogens with two attached hydrogens (primary N) is 1. The Hall–Kier alpha value is -1.06. The van der Waals surface area contributed by atoms with E-state index < -0.39 is 0 Å². The predicted octanol–water partition coefficient (Wildman–Crippen LogP) is 1.88. The molecule has 1 aliphatic rings. The van der Waals surface area contributed by atoms with Crippen molar-refractivity contribution < 1.29 is 4.74 Å². The van der Waals surface area contributed by atoms with Gasteiger partial charge in [0.05, 0.1) is 6.61 Å². The van der Waals surface area contributed by atoms with Crippen LogP contribution in [0.15, 0.2) is 18.2 Å². The molecule has 3 N–H and O–H groups in total. The van der Waals surface area contributed by atoms with Crippen molar-refractivity contribution in [2.75, 3.05) is 19.7 Å². The van der Waals surface area contributed by atoms with Crippen LogP contribution in [0.1, 0.15) is 31.4 Å². The highest BCUT2D eigenvalue weighted by molar-refractivity contribution is 5.38. The van der Waals surface area contributed by atoms with Crippen LogP contribution in [-0.4, -0.2) is 25.2 Å². The molecule has 1 aliphatic heterocycles. The van der Waals surface area contributed by atoms with E-state index in [0.29, 0.717) is 0 Å². The first kappa shape index (κ1) is 13.4. The summed E-state index contributed by atoms with van der Waals surface area (Å²) in [4.78, 5) is 0. The highest BCUT2D eigenvalue weighted by Crippen LogP contribution is 2.25. The summed E-state index contributed by atoms with van der Waals surface area (Å²) in [6.45, 7) is 6.76. The fourth-order valence-corrected chi connectivity index (χ4v) is 2.21. The molecule has 0 aromatic heterocycles. The Morgan fingerprint density at radius 3 is 3.00 bits per heavy atom. The summed E-state index contributed by atoms with van der Waals surface area (Å²) in [6.07, 6.45) is 3.33. The van der Waals surface area contributed by atoms with Crippen LogP contribution in [0.4, 0.5) is 0 Å². The van der Waals surface area contributed by atoms with E-state index in [1.807, 2.05) is 13.8 Å². The lowest BCUT2D eigenvalue weighted by molar-refractivity contribution is 0.288. The second-order valence-electron chi connectivity index (χ2n) is 5.81. The van der Waals surface area contributed by atoms with E-state index in [1.54, 1.807) is 0 Å². The van der Waals surface area contributed by atoms with Crippen molar-refractivity contribution >= 4 is 0 Å². The molecule has 0 saturated carbocycles. The Morgan fingerprint density at radius 2 is 2.22 bits per heavy atom. The van der Waals surface area contributed by atoms with Crippen LogP contribution in [0.3, 0.4) is 0 Å². The molecule has 0 saturated heterocycles. The number of nitrogens with one attached hydrogen (secondary N) is 1. The molecule has 0 bridgehead atoms. The molecule has 1 aromatic rings. The second-order valence-corrected chi connectivity index (χ2v) is 5.81. The average molecular weight is 248 g/mol. The van der Waals surface area contributed by atoms with Crippen molar-refractivity contribution in [1.29, 1.82) is 0 Å². The molecule has 0 amide bonds. The third kappa shape index (κ3) is 4.00. The Balaban J connectivity index is 1.83. The number of benzene rings is 1. The fourth-order valence-electron chi connectivity index (χ4n) is 2.21. The molecule has 18 heavy (non-hydrogen) atoms. The first-order chi connectivity index (χ1) is 8.54. The lowest BCUT2D eigenvalue weighted by Gasteiger charge is -2.20. The number of rotatable bonds is 5. The minimum atomic E-state index is -0.135. The third-order valence-electron chi connectivity index (χ3n) is 3.14. The fraction of sp³-hybridized carbons (Fsp3) is 0.600. The molecule has 0 radical (unpaired) electrons. The minimum Gasteiger partial charge on any atom is -0.493 e. The first-order valence-electron chi connectivity index (χ1n) is 6.79. The van der Waals surface area contributed by atoms with Gasteiger partial charge >= 0.3 is 0 Å². The van der Waals surface area contributed by atoms with Crippen LogP contribution in [0.25, 0.3) is 0 Å². The maximum absolute atomic E-state index is 5.93. The van der Waals surface area contributed by atoms with Gasteiger partial charge in [0.15, 0.2) is 0 Å². The zero-order valence-electron chi connectivity index (χ0n) is 11.5. The van der Waals surface area contributed by atoms with Crippen LogP contribution in [0.5, 0.6) is 5.75 Å². The van der Waals surface area contributed by atoms with Gasteiger partial charge in [-0.05, 0) is 56.8 Å². The molecule has 0 spiro atoms. The highest BCUT2D eigenvalue weighted by Gasteiger charge is 2.11. The molecule has 0 atom stereocenters. The molecule has 0 aliphatic carbocycles. The van der Waals surface area contributed by atoms with E-state index in [2.05, 4.69) is 23.5 Å². The van der Waals surface area contributed by atoms with Gasteiger partial charge in [-0.25, -0.2) is 0 Å². The van der Waals surface area contributed by atoms with Gasteiger partial charge in [0.1, 0.15) is 5.75 Å². The van der Waals surface area contributed by atoms with Crippen LogP contribution in [0.2, 0.25) is 0 Å². The van der Waals surface area contributed by atoms with Gasteiger partial charge in [-0.3, -0.25) is 0 Å². The Morgan fingerprint density at radius 1 is 1.39 bits per heavy atom. The summed E-state index contributed by atoms with van der Waals surface area (Å²) < 4.78 is 5.62. The average Bonchev–Trinajstić information content (AvgIpc) is 2.33. The second kappa shape index (κ2) is 5.72. The summed E-state index contributed by atoms with van der Waals surface area (Å²) >= 11 is 0. The number of hydrogen-bond donors (Lipinski definition) is 2. The molecule has 2 rings (SSSR count). The van der Waals surface area contributed by atoms with Crippen molar-refractivity contribution in [3.05, 3.63) is 29.3 Å². The van der Waals surface area contributed by atoms with E-state index in [4.69, 9.17) is 10.5 Å². The van der Waals surface area contributed by atoms with E-state index in [0.717, 1.165) is 44.7 Å². The summed E-state index contributed by atoms with van der Waals surface area (Å²) in [5.74, 6) is 1.07. The Labute approximate surface area is 110 Å². The molecule has 0 unspecified atom stereocenters. The molecule has 1 aromatic carbocycles. The maximum Gasteiger partial charge on any atom is 0.122 e. The topological polar surface area (TPSA) is 47.3 Å². The third-order valence-corrected chi connectivity index (χ3v) is 3.14. The van der Waals surface area contributed by atoms with Gasteiger partial charge in [-0.15, -0.1) is 0 Å². The van der Waals surface area contributed by atoms with Gasteiger partial charge in [-0.1, -0.05) is 12.1 Å². The molecule has 1 heterocycles. The van der Waals surface area contributed by atoms with Gasteiger partial charge in [0.25, 0.3) is 0 Å². The summed E-state index contributed by atoms with van der Waals surface area (Å²) in [7, 11) is 0. The van der Waals surface area contributed by atoms with Crippen molar-refractivity contribution in [3.8, 4) is 5.75 Å². The monoisotopic (exact) mass is 248 g/mol. The number of aryl methyl sites for hydroxylation is 1. The standard InChI is InChI=1S/C15H24N2O/c1-15(2,16)11-17-8-7-12-5-6-14-13(10-12)4-3-9-18-14/h5-6,10,17H,3-4,7-9,11,16H2,1-2H3. The van der Waals surface area contributed by atoms with E-state index in [9.17, 15) is 0 Å². The molecule has 3 heteroatoms. The van der Waals surface area contributed by atoms with Crippen LogP contribution >= 0.6 is 0 Å². The Kier molecular flexibility index (Phi) is 4.25. The maximum atomic E-state index is 5.93. The Bertz CT molecular complexity index is 396. The summed E-state index contributed by atoms with van der Waals surface area (Å²) in [5, 5.41) is 3.40. The molecule has 0 fully saturated rings. The van der Waals surface area contributed by atoms with E-state index >= 15 is 0 Å². The minimum absolute atomic E-state index is 0.135. The molecular weight excluding hydrogens is 224 g/mol. The molecular formula is C15H24N2O. The number of fused-ring (bicyclic) bond motifs is 1. The molecule has 100 valence electrons. The van der Waals surface area contributed by atoms with Gasteiger partial charge in [0, 0.05) is 12.1 Å².